The van der Waals surface area contributed by atoms with Crippen molar-refractivity contribution >= 4 is 0 Å². The maximum absolute atomic E-state index is 5.99. The average molecular weight is 280 g/mol. The molecule has 1 aromatic heterocycles. The van der Waals surface area contributed by atoms with E-state index in [0.29, 0.717) is 12.1 Å². The molecule has 0 aliphatic carbocycles. The van der Waals surface area contributed by atoms with E-state index >= 15 is 0 Å². The third-order valence-corrected chi connectivity index (χ3v) is 3.71. The summed E-state index contributed by atoms with van der Waals surface area (Å²) in [7, 11) is 2.18. The molecule has 3 heteroatoms. The summed E-state index contributed by atoms with van der Waals surface area (Å²) >= 11 is 0. The molecule has 0 amide bonds. The zero-order valence-corrected chi connectivity index (χ0v) is 14.3. The average Bonchev–Trinajstić information content (AvgIpc) is 2.66. The van der Waals surface area contributed by atoms with Gasteiger partial charge in [0.1, 0.15) is 11.5 Å². The smallest absolute Gasteiger partial charge is 0.120 e. The number of nitrogens with one attached hydrogen (secondary N) is 1. The molecule has 0 aromatic carbocycles. The van der Waals surface area contributed by atoms with Gasteiger partial charge in [-0.05, 0) is 44.9 Å². The van der Waals surface area contributed by atoms with Gasteiger partial charge in [-0.15, -0.1) is 0 Å². The standard InChI is InChI=1S/C17H32N2O/c1-12(2)8-15(6)19(7)11-16-9-14(5)17(20-16)10-18-13(3)4/h9,12-13,15,18H,8,10-11H2,1-7H3. The summed E-state index contributed by atoms with van der Waals surface area (Å²) in [5.41, 5.74) is 1.25. The summed E-state index contributed by atoms with van der Waals surface area (Å²) < 4.78 is 5.99. The van der Waals surface area contributed by atoms with Gasteiger partial charge in [-0.1, -0.05) is 27.7 Å². The van der Waals surface area contributed by atoms with Gasteiger partial charge in [0, 0.05) is 12.1 Å². The fourth-order valence-corrected chi connectivity index (χ4v) is 2.40. The van der Waals surface area contributed by atoms with Gasteiger partial charge in [-0.2, -0.15) is 0 Å². The van der Waals surface area contributed by atoms with E-state index in [1.807, 2.05) is 0 Å². The van der Waals surface area contributed by atoms with Crippen LogP contribution in [0.2, 0.25) is 0 Å². The lowest BCUT2D eigenvalue weighted by atomic mass is 10.0. The molecular formula is C17H32N2O. The van der Waals surface area contributed by atoms with E-state index in [2.05, 4.69) is 64.9 Å². The Morgan fingerprint density at radius 3 is 2.40 bits per heavy atom. The number of aryl methyl sites for hydroxylation is 1. The summed E-state index contributed by atoms with van der Waals surface area (Å²) in [5.74, 6) is 2.87. The molecular weight excluding hydrogens is 248 g/mol. The SMILES string of the molecule is Cc1cc(CN(C)C(C)CC(C)C)oc1CNC(C)C. The Labute approximate surface area is 124 Å². The van der Waals surface area contributed by atoms with Gasteiger partial charge in [0.05, 0.1) is 13.1 Å². The molecule has 1 unspecified atom stereocenters. The molecule has 1 aromatic rings. The third kappa shape index (κ3) is 5.68. The Morgan fingerprint density at radius 2 is 1.85 bits per heavy atom. The Balaban J connectivity index is 2.57. The minimum Gasteiger partial charge on any atom is -0.463 e. The van der Waals surface area contributed by atoms with Crippen LogP contribution >= 0.6 is 0 Å². The van der Waals surface area contributed by atoms with E-state index in [9.17, 15) is 0 Å². The first kappa shape index (κ1) is 17.3. The van der Waals surface area contributed by atoms with Crippen LogP contribution in [0.15, 0.2) is 10.5 Å². The number of hydrogen-bond acceptors (Lipinski definition) is 3. The summed E-state index contributed by atoms with van der Waals surface area (Å²) in [6.45, 7) is 15.0. The van der Waals surface area contributed by atoms with Gasteiger partial charge < -0.3 is 9.73 Å². The maximum atomic E-state index is 5.99. The minimum atomic E-state index is 0.483. The first-order valence-electron chi connectivity index (χ1n) is 7.81. The van der Waals surface area contributed by atoms with E-state index in [1.165, 1.54) is 12.0 Å². The Morgan fingerprint density at radius 1 is 1.20 bits per heavy atom. The van der Waals surface area contributed by atoms with Crippen molar-refractivity contribution in [3.63, 3.8) is 0 Å². The highest BCUT2D eigenvalue weighted by Crippen LogP contribution is 2.18. The highest BCUT2D eigenvalue weighted by atomic mass is 16.3. The zero-order valence-electron chi connectivity index (χ0n) is 14.3. The first-order chi connectivity index (χ1) is 9.29. The first-order valence-corrected chi connectivity index (χ1v) is 7.81. The molecule has 0 aliphatic rings. The predicted molar refractivity (Wildman–Crippen MR) is 85.8 cm³/mol. The van der Waals surface area contributed by atoms with Crippen molar-refractivity contribution in [3.8, 4) is 0 Å². The second-order valence-corrected chi connectivity index (χ2v) is 6.75. The van der Waals surface area contributed by atoms with Crippen molar-refractivity contribution in [3.05, 3.63) is 23.2 Å². The van der Waals surface area contributed by atoms with Crippen LogP contribution in [0.5, 0.6) is 0 Å². The van der Waals surface area contributed by atoms with Crippen molar-refractivity contribution in [2.45, 2.75) is 73.1 Å². The summed E-state index contributed by atoms with van der Waals surface area (Å²) in [5, 5.41) is 3.41. The molecule has 0 bridgehead atoms. The van der Waals surface area contributed by atoms with Gasteiger partial charge in [0.15, 0.2) is 0 Å². The van der Waals surface area contributed by atoms with E-state index < -0.39 is 0 Å². The van der Waals surface area contributed by atoms with Crippen LogP contribution in [-0.4, -0.2) is 24.0 Å². The fraction of sp³-hybridized carbons (Fsp3) is 0.765. The maximum Gasteiger partial charge on any atom is 0.120 e. The van der Waals surface area contributed by atoms with Crippen LogP contribution in [0, 0.1) is 12.8 Å². The lowest BCUT2D eigenvalue weighted by Gasteiger charge is -2.25. The molecule has 0 saturated carbocycles. The van der Waals surface area contributed by atoms with Gasteiger partial charge in [-0.25, -0.2) is 0 Å². The Hall–Kier alpha value is -0.800. The number of rotatable bonds is 8. The molecule has 20 heavy (non-hydrogen) atoms. The zero-order chi connectivity index (χ0) is 15.3. The fourth-order valence-electron chi connectivity index (χ4n) is 2.40. The van der Waals surface area contributed by atoms with Crippen molar-refractivity contribution in [1.29, 1.82) is 0 Å². The van der Waals surface area contributed by atoms with Crippen molar-refractivity contribution in [2.24, 2.45) is 5.92 Å². The Bertz CT molecular complexity index is 396. The van der Waals surface area contributed by atoms with E-state index in [0.717, 1.165) is 30.5 Å². The minimum absolute atomic E-state index is 0.483. The summed E-state index contributed by atoms with van der Waals surface area (Å²) in [6, 6.07) is 3.24. The monoisotopic (exact) mass is 280 g/mol. The van der Waals surface area contributed by atoms with Gasteiger partial charge >= 0.3 is 0 Å². The van der Waals surface area contributed by atoms with E-state index in [4.69, 9.17) is 4.42 Å². The van der Waals surface area contributed by atoms with Gasteiger partial charge in [-0.3, -0.25) is 4.90 Å². The summed E-state index contributed by atoms with van der Waals surface area (Å²) in [6.07, 6.45) is 1.22. The van der Waals surface area contributed by atoms with Crippen LogP contribution in [-0.2, 0) is 13.1 Å². The molecule has 0 aliphatic heterocycles. The van der Waals surface area contributed by atoms with Crippen LogP contribution in [0.25, 0.3) is 0 Å². The molecule has 0 saturated heterocycles. The molecule has 1 N–H and O–H groups in total. The van der Waals surface area contributed by atoms with Crippen molar-refractivity contribution < 1.29 is 4.42 Å². The van der Waals surface area contributed by atoms with E-state index in [-0.39, 0.29) is 0 Å². The highest BCUT2D eigenvalue weighted by molar-refractivity contribution is 5.20. The van der Waals surface area contributed by atoms with Crippen molar-refractivity contribution in [1.82, 2.24) is 10.2 Å². The van der Waals surface area contributed by atoms with E-state index in [1.54, 1.807) is 0 Å². The van der Waals surface area contributed by atoms with Gasteiger partial charge in [0.2, 0.25) is 0 Å². The second-order valence-electron chi connectivity index (χ2n) is 6.75. The van der Waals surface area contributed by atoms with Crippen LogP contribution < -0.4 is 5.32 Å². The van der Waals surface area contributed by atoms with Crippen LogP contribution in [0.3, 0.4) is 0 Å². The highest BCUT2D eigenvalue weighted by Gasteiger charge is 2.14. The quantitative estimate of drug-likeness (QED) is 0.781. The summed E-state index contributed by atoms with van der Waals surface area (Å²) in [4.78, 5) is 2.37. The molecule has 0 radical (unpaired) electrons. The number of nitrogens with zero attached hydrogens (tertiary/aromatic N) is 1. The molecule has 3 nitrogen and oxygen atoms in total. The number of hydrogen-bond donors (Lipinski definition) is 1. The van der Waals surface area contributed by atoms with Crippen LogP contribution in [0.1, 0.15) is 58.1 Å². The molecule has 1 heterocycles. The normalized spacial score (nSPS) is 13.7. The molecule has 0 spiro atoms. The predicted octanol–water partition coefficient (Wildman–Crippen LogP) is 3.95. The molecule has 1 rings (SSSR count). The lowest BCUT2D eigenvalue weighted by Crippen LogP contribution is -2.29. The third-order valence-electron chi connectivity index (χ3n) is 3.71. The Kier molecular flexibility index (Phi) is 6.77. The van der Waals surface area contributed by atoms with Crippen molar-refractivity contribution in [2.75, 3.05) is 7.05 Å². The second kappa shape index (κ2) is 7.84. The van der Waals surface area contributed by atoms with Gasteiger partial charge in [0.25, 0.3) is 0 Å². The van der Waals surface area contributed by atoms with Crippen LogP contribution in [0.4, 0.5) is 0 Å². The topological polar surface area (TPSA) is 28.4 Å². The lowest BCUT2D eigenvalue weighted by molar-refractivity contribution is 0.203. The number of furan rings is 1. The molecule has 116 valence electrons. The largest absolute Gasteiger partial charge is 0.463 e. The molecule has 0 fully saturated rings. The molecule has 1 atom stereocenters.